The molecule has 0 bridgehead atoms. The molecule has 0 aromatic heterocycles. The average Bonchev–Trinajstić information content (AvgIpc) is 3.12. The Balaban J connectivity index is 2.01. The quantitative estimate of drug-likeness (QED) is 0.201. The van der Waals surface area contributed by atoms with Crippen molar-refractivity contribution < 1.29 is 9.53 Å². The first kappa shape index (κ1) is 29.6. The number of unbranched alkanes of at least 4 members (excludes halogenated alkanes) is 10. The van der Waals surface area contributed by atoms with Gasteiger partial charge in [0.05, 0.1) is 6.61 Å². The number of likely N-dealkylation sites (tertiary alicyclic amines) is 1. The predicted molar refractivity (Wildman–Crippen MR) is 141 cm³/mol. The molecular weight excluding hydrogens is 412 g/mol. The highest BCUT2D eigenvalue weighted by Gasteiger charge is 2.24. The molecule has 1 atom stereocenters. The Hall–Kier alpha value is -1.40. The van der Waals surface area contributed by atoms with Crippen LogP contribution in [0.1, 0.15) is 104 Å². The number of ether oxygens (including phenoxy) is 1. The van der Waals surface area contributed by atoms with Crippen LogP contribution in [0, 0.1) is 0 Å². The zero-order valence-electron chi connectivity index (χ0n) is 22.1. The van der Waals surface area contributed by atoms with Crippen LogP contribution in [-0.4, -0.2) is 67.9 Å². The SMILES string of the molecule is CCCCCCCCCCCOC(=O)CCCCCN1CC(=N/C=C(\N)CN(C)C)CC1C. The Labute approximate surface area is 204 Å². The lowest BCUT2D eigenvalue weighted by Crippen LogP contribution is -2.28. The van der Waals surface area contributed by atoms with E-state index in [0.29, 0.717) is 19.1 Å². The Morgan fingerprint density at radius 3 is 2.36 bits per heavy atom. The topological polar surface area (TPSA) is 71.2 Å². The Bertz CT molecular complexity index is 574. The van der Waals surface area contributed by atoms with Crippen molar-refractivity contribution in [3.8, 4) is 0 Å². The van der Waals surface area contributed by atoms with E-state index in [4.69, 9.17) is 10.5 Å². The maximum atomic E-state index is 11.9. The van der Waals surface area contributed by atoms with E-state index in [9.17, 15) is 4.79 Å². The fourth-order valence-corrected chi connectivity index (χ4v) is 4.33. The van der Waals surface area contributed by atoms with Gasteiger partial charge in [-0.15, -0.1) is 0 Å². The van der Waals surface area contributed by atoms with Gasteiger partial charge in [0, 0.05) is 49.6 Å². The van der Waals surface area contributed by atoms with Gasteiger partial charge in [0.1, 0.15) is 0 Å². The van der Waals surface area contributed by atoms with E-state index in [1.54, 1.807) is 0 Å². The second-order valence-electron chi connectivity index (χ2n) is 10.0. The summed E-state index contributed by atoms with van der Waals surface area (Å²) in [6, 6.07) is 0.522. The fourth-order valence-electron chi connectivity index (χ4n) is 4.33. The summed E-state index contributed by atoms with van der Waals surface area (Å²) in [4.78, 5) is 21.1. The van der Waals surface area contributed by atoms with Crippen LogP contribution in [0.25, 0.3) is 0 Å². The number of carbonyl (C=O) groups excluding carboxylic acids is 1. The highest BCUT2D eigenvalue weighted by atomic mass is 16.5. The number of hydrogen-bond donors (Lipinski definition) is 1. The molecule has 1 aliphatic heterocycles. The number of likely N-dealkylation sites (N-methyl/N-ethyl adjacent to an activating group) is 1. The van der Waals surface area contributed by atoms with Gasteiger partial charge >= 0.3 is 5.97 Å². The van der Waals surface area contributed by atoms with E-state index >= 15 is 0 Å². The van der Waals surface area contributed by atoms with Crippen molar-refractivity contribution in [3.63, 3.8) is 0 Å². The summed E-state index contributed by atoms with van der Waals surface area (Å²) < 4.78 is 5.40. The Morgan fingerprint density at radius 2 is 1.70 bits per heavy atom. The summed E-state index contributed by atoms with van der Waals surface area (Å²) in [6.07, 6.45) is 18.0. The smallest absolute Gasteiger partial charge is 0.305 e. The van der Waals surface area contributed by atoms with Gasteiger partial charge in [-0.2, -0.15) is 0 Å². The van der Waals surface area contributed by atoms with Crippen molar-refractivity contribution >= 4 is 11.7 Å². The van der Waals surface area contributed by atoms with Gasteiger partial charge in [0.2, 0.25) is 0 Å². The lowest BCUT2D eigenvalue weighted by molar-refractivity contribution is -0.143. The summed E-state index contributed by atoms with van der Waals surface area (Å²) >= 11 is 0. The fraction of sp³-hybridized carbons (Fsp3) is 0.852. The van der Waals surface area contributed by atoms with Crippen LogP contribution in [-0.2, 0) is 9.53 Å². The highest BCUT2D eigenvalue weighted by molar-refractivity contribution is 5.89. The minimum absolute atomic E-state index is 0.0272. The molecule has 0 aliphatic carbocycles. The van der Waals surface area contributed by atoms with Crippen molar-refractivity contribution in [1.82, 2.24) is 9.80 Å². The zero-order chi connectivity index (χ0) is 24.3. The number of rotatable bonds is 19. The molecule has 1 saturated heterocycles. The molecule has 6 heteroatoms. The van der Waals surface area contributed by atoms with Gasteiger partial charge < -0.3 is 15.4 Å². The van der Waals surface area contributed by atoms with Crippen LogP contribution in [0.2, 0.25) is 0 Å². The number of hydrogen-bond acceptors (Lipinski definition) is 6. The van der Waals surface area contributed by atoms with E-state index in [1.165, 1.54) is 57.1 Å². The molecule has 33 heavy (non-hydrogen) atoms. The molecule has 6 nitrogen and oxygen atoms in total. The van der Waals surface area contributed by atoms with E-state index in [0.717, 1.165) is 57.4 Å². The van der Waals surface area contributed by atoms with Crippen molar-refractivity contribution in [2.75, 3.05) is 40.3 Å². The maximum Gasteiger partial charge on any atom is 0.305 e. The Morgan fingerprint density at radius 1 is 1.06 bits per heavy atom. The first-order valence-electron chi connectivity index (χ1n) is 13.5. The second-order valence-corrected chi connectivity index (χ2v) is 10.0. The molecule has 1 aliphatic rings. The molecule has 1 fully saturated rings. The largest absolute Gasteiger partial charge is 0.466 e. The molecule has 0 spiro atoms. The molecule has 1 rings (SSSR count). The second kappa shape index (κ2) is 19.0. The molecule has 0 radical (unpaired) electrons. The van der Waals surface area contributed by atoms with Crippen molar-refractivity contribution in [2.45, 2.75) is 110 Å². The number of carbonyl (C=O) groups is 1. The third-order valence-corrected chi connectivity index (χ3v) is 6.29. The molecule has 0 amide bonds. The first-order valence-corrected chi connectivity index (χ1v) is 13.5. The minimum atomic E-state index is -0.0272. The summed E-state index contributed by atoms with van der Waals surface area (Å²) in [5.74, 6) is -0.0272. The lowest BCUT2D eigenvalue weighted by atomic mass is 10.1. The molecule has 0 aromatic rings. The summed E-state index contributed by atoms with van der Waals surface area (Å²) in [7, 11) is 4.01. The van der Waals surface area contributed by atoms with Crippen LogP contribution in [0.3, 0.4) is 0 Å². The van der Waals surface area contributed by atoms with Gasteiger partial charge in [-0.05, 0) is 46.8 Å². The number of esters is 1. The normalized spacial score (nSPS) is 18.5. The van der Waals surface area contributed by atoms with E-state index in [1.807, 2.05) is 25.2 Å². The molecule has 192 valence electrons. The van der Waals surface area contributed by atoms with Gasteiger partial charge in [-0.1, -0.05) is 64.7 Å². The van der Waals surface area contributed by atoms with Crippen LogP contribution in [0.15, 0.2) is 16.9 Å². The van der Waals surface area contributed by atoms with Crippen LogP contribution in [0.5, 0.6) is 0 Å². The molecule has 2 N–H and O–H groups in total. The van der Waals surface area contributed by atoms with Crippen molar-refractivity contribution in [1.29, 1.82) is 0 Å². The highest BCUT2D eigenvalue weighted by Crippen LogP contribution is 2.17. The Kier molecular flexibility index (Phi) is 17.0. The lowest BCUT2D eigenvalue weighted by Gasteiger charge is -2.19. The standard InChI is InChI=1S/C27H52N4O2/c1-5-6-7-8-9-10-11-12-16-19-33-27(32)17-14-13-15-18-31-23-26(20-24(31)2)29-21-25(28)22-30(3)4/h21,24H,5-20,22-23,28H2,1-4H3/b25-21-,29-26?. The van der Waals surface area contributed by atoms with Crippen molar-refractivity contribution in [2.24, 2.45) is 10.7 Å². The van der Waals surface area contributed by atoms with Gasteiger partial charge in [0.15, 0.2) is 0 Å². The van der Waals surface area contributed by atoms with Gasteiger partial charge in [-0.25, -0.2) is 0 Å². The van der Waals surface area contributed by atoms with Crippen LogP contribution in [0.4, 0.5) is 0 Å². The summed E-state index contributed by atoms with van der Waals surface area (Å²) in [5, 5.41) is 0. The number of nitrogens with two attached hydrogens (primary N) is 1. The van der Waals surface area contributed by atoms with Gasteiger partial charge in [-0.3, -0.25) is 14.7 Å². The zero-order valence-corrected chi connectivity index (χ0v) is 22.1. The monoisotopic (exact) mass is 464 g/mol. The van der Waals surface area contributed by atoms with Gasteiger partial charge in [0.25, 0.3) is 0 Å². The minimum Gasteiger partial charge on any atom is -0.466 e. The molecule has 1 heterocycles. The molecule has 1 unspecified atom stereocenters. The number of aliphatic imine (C=N–C) groups is 1. The van der Waals surface area contributed by atoms with Crippen LogP contribution < -0.4 is 5.73 Å². The molecule has 0 saturated carbocycles. The van der Waals surface area contributed by atoms with E-state index < -0.39 is 0 Å². The molecule has 0 aromatic carbocycles. The third kappa shape index (κ3) is 16.0. The molecular formula is C27H52N4O2. The first-order chi connectivity index (χ1) is 15.9. The third-order valence-electron chi connectivity index (χ3n) is 6.29. The average molecular weight is 465 g/mol. The van der Waals surface area contributed by atoms with Crippen molar-refractivity contribution in [3.05, 3.63) is 11.9 Å². The van der Waals surface area contributed by atoms with E-state index in [-0.39, 0.29) is 5.97 Å². The van der Waals surface area contributed by atoms with E-state index in [2.05, 4.69) is 23.7 Å². The van der Waals surface area contributed by atoms with Crippen LogP contribution >= 0.6 is 0 Å². The predicted octanol–water partition coefficient (Wildman–Crippen LogP) is 5.52. The summed E-state index contributed by atoms with van der Waals surface area (Å²) in [6.45, 7) is 7.83. The summed E-state index contributed by atoms with van der Waals surface area (Å²) in [5.41, 5.74) is 8.00. The maximum absolute atomic E-state index is 11.9. The number of nitrogens with zero attached hydrogens (tertiary/aromatic N) is 3.